The zero-order chi connectivity index (χ0) is 19.0. The van der Waals surface area contributed by atoms with Crippen LogP contribution >= 0.6 is 11.6 Å². The van der Waals surface area contributed by atoms with Crippen molar-refractivity contribution in [3.63, 3.8) is 0 Å². The predicted octanol–water partition coefficient (Wildman–Crippen LogP) is 2.23. The highest BCUT2D eigenvalue weighted by Crippen LogP contribution is 2.46. The van der Waals surface area contributed by atoms with Gasteiger partial charge in [-0.2, -0.15) is 0 Å². The number of benzene rings is 1. The Balaban J connectivity index is 1.73. The molecule has 8 heteroatoms. The lowest BCUT2D eigenvalue weighted by atomic mass is 9.91. The summed E-state index contributed by atoms with van der Waals surface area (Å²) in [5.41, 5.74) is 1.57. The maximum atomic E-state index is 13.0. The van der Waals surface area contributed by atoms with Crippen molar-refractivity contribution in [2.45, 2.75) is 12.1 Å². The van der Waals surface area contributed by atoms with Crippen LogP contribution in [0, 0.1) is 5.92 Å². The Morgan fingerprint density at radius 2 is 1.81 bits per heavy atom. The summed E-state index contributed by atoms with van der Waals surface area (Å²) in [5.74, 6) is -1.22. The number of rotatable bonds is 5. The molecule has 0 spiro atoms. The van der Waals surface area contributed by atoms with Crippen LogP contribution in [0.15, 0.2) is 48.8 Å². The third-order valence-corrected chi connectivity index (χ3v) is 5.11. The molecule has 2 amide bonds. The number of amides is 2. The Bertz CT molecular complexity index is 846. The molecule has 2 aromatic rings. The number of halogens is 1. The number of hydrogen-bond acceptors (Lipinski definition) is 6. The van der Waals surface area contributed by atoms with E-state index in [1.54, 1.807) is 41.7 Å². The van der Waals surface area contributed by atoms with Gasteiger partial charge in [0, 0.05) is 24.5 Å². The van der Waals surface area contributed by atoms with Gasteiger partial charge in [-0.25, -0.2) is 5.06 Å². The van der Waals surface area contributed by atoms with Gasteiger partial charge < -0.3 is 4.74 Å². The zero-order valence-electron chi connectivity index (χ0n) is 14.6. The Morgan fingerprint density at radius 3 is 2.48 bits per heavy atom. The van der Waals surface area contributed by atoms with Crippen molar-refractivity contribution >= 4 is 29.1 Å². The first kappa shape index (κ1) is 17.9. The normalized spacial score (nSPS) is 24.6. The number of anilines is 1. The van der Waals surface area contributed by atoms with E-state index in [0.29, 0.717) is 5.02 Å². The molecule has 1 aromatic heterocycles. The van der Waals surface area contributed by atoms with Gasteiger partial charge in [-0.05, 0) is 42.0 Å². The van der Waals surface area contributed by atoms with E-state index >= 15 is 0 Å². The van der Waals surface area contributed by atoms with E-state index in [9.17, 15) is 9.59 Å². The van der Waals surface area contributed by atoms with Crippen molar-refractivity contribution in [3.05, 3.63) is 59.4 Å². The number of pyridine rings is 1. The Hall–Kier alpha value is -2.48. The van der Waals surface area contributed by atoms with Gasteiger partial charge in [-0.1, -0.05) is 11.6 Å². The molecule has 0 N–H and O–H groups in total. The number of fused-ring (bicyclic) bond motifs is 1. The number of aromatic nitrogens is 1. The lowest BCUT2D eigenvalue weighted by Crippen LogP contribution is -2.39. The third kappa shape index (κ3) is 3.07. The van der Waals surface area contributed by atoms with Gasteiger partial charge in [0.1, 0.15) is 5.92 Å². The van der Waals surface area contributed by atoms with Gasteiger partial charge in [0.05, 0.1) is 24.9 Å². The average Bonchev–Trinajstić information content (AvgIpc) is 3.19. The van der Waals surface area contributed by atoms with Gasteiger partial charge in [0.25, 0.3) is 5.91 Å². The van der Waals surface area contributed by atoms with Gasteiger partial charge >= 0.3 is 0 Å². The third-order valence-electron chi connectivity index (χ3n) is 4.85. The number of hydrogen-bond donors (Lipinski definition) is 0. The topological polar surface area (TPSA) is 72.0 Å². The van der Waals surface area contributed by atoms with E-state index in [-0.39, 0.29) is 25.0 Å². The summed E-state index contributed by atoms with van der Waals surface area (Å²) in [7, 11) is 1.53. The monoisotopic (exact) mass is 387 g/mol. The fraction of sp³-hybridized carbons (Fsp3) is 0.316. The average molecular weight is 388 g/mol. The van der Waals surface area contributed by atoms with Crippen molar-refractivity contribution in [1.82, 2.24) is 9.88 Å². The minimum atomic E-state index is -0.858. The standard InChI is InChI=1S/C19H18ClN3O4/c1-26-11-10-22-18(24)15-16(12-6-8-21-9-7-12)23(27-17(15)19(22)25)14-4-2-13(20)3-5-14/h2-9,15-17H,10-11H2,1H3/t15-,16+,17+/m1/s1. The number of likely N-dealkylation sites (tertiary alicyclic amines) is 1. The molecule has 2 saturated heterocycles. The van der Waals surface area contributed by atoms with E-state index in [2.05, 4.69) is 4.98 Å². The van der Waals surface area contributed by atoms with Crippen LogP contribution < -0.4 is 5.06 Å². The van der Waals surface area contributed by atoms with E-state index in [1.807, 2.05) is 12.1 Å². The predicted molar refractivity (Wildman–Crippen MR) is 97.9 cm³/mol. The minimum absolute atomic E-state index is 0.217. The van der Waals surface area contributed by atoms with Gasteiger partial charge in [0.15, 0.2) is 6.10 Å². The second kappa shape index (κ2) is 7.26. The number of carbonyl (C=O) groups excluding carboxylic acids is 2. The van der Waals surface area contributed by atoms with Crippen molar-refractivity contribution in [2.75, 3.05) is 25.3 Å². The Labute approximate surface area is 161 Å². The number of nitrogens with zero attached hydrogens (tertiary/aromatic N) is 3. The number of hydroxylamine groups is 1. The fourth-order valence-corrected chi connectivity index (χ4v) is 3.71. The van der Waals surface area contributed by atoms with E-state index < -0.39 is 18.1 Å². The molecule has 140 valence electrons. The molecule has 3 atom stereocenters. The highest BCUT2D eigenvalue weighted by atomic mass is 35.5. The van der Waals surface area contributed by atoms with Crippen LogP contribution in [0.2, 0.25) is 5.02 Å². The molecule has 2 fully saturated rings. The first-order chi connectivity index (χ1) is 13.1. The summed E-state index contributed by atoms with van der Waals surface area (Å²) in [6.45, 7) is 0.506. The number of carbonyl (C=O) groups is 2. The highest BCUT2D eigenvalue weighted by Gasteiger charge is 2.59. The van der Waals surface area contributed by atoms with Gasteiger partial charge in [-0.15, -0.1) is 0 Å². The van der Waals surface area contributed by atoms with Gasteiger partial charge in [0.2, 0.25) is 5.91 Å². The highest BCUT2D eigenvalue weighted by molar-refractivity contribution is 6.30. The summed E-state index contributed by atoms with van der Waals surface area (Å²) >= 11 is 5.99. The molecule has 7 nitrogen and oxygen atoms in total. The molecular formula is C19H18ClN3O4. The molecule has 27 heavy (non-hydrogen) atoms. The quantitative estimate of drug-likeness (QED) is 0.733. The van der Waals surface area contributed by atoms with E-state index in [4.69, 9.17) is 21.2 Å². The minimum Gasteiger partial charge on any atom is -0.383 e. The van der Waals surface area contributed by atoms with Crippen LogP contribution in [0.1, 0.15) is 11.6 Å². The van der Waals surface area contributed by atoms with Gasteiger partial charge in [-0.3, -0.25) is 24.3 Å². The number of imide groups is 1. The Morgan fingerprint density at radius 1 is 1.11 bits per heavy atom. The van der Waals surface area contributed by atoms with Crippen molar-refractivity contribution in [1.29, 1.82) is 0 Å². The molecule has 0 aliphatic carbocycles. The molecule has 3 heterocycles. The number of methoxy groups -OCH3 is 1. The molecule has 1 aromatic carbocycles. The molecule has 0 saturated carbocycles. The Kier molecular flexibility index (Phi) is 4.82. The smallest absolute Gasteiger partial charge is 0.262 e. The molecule has 2 aliphatic rings. The summed E-state index contributed by atoms with van der Waals surface area (Å²) < 4.78 is 5.02. The molecule has 0 bridgehead atoms. The molecule has 0 radical (unpaired) electrons. The summed E-state index contributed by atoms with van der Waals surface area (Å²) in [6, 6.07) is 10.3. The van der Waals surface area contributed by atoms with E-state index in [0.717, 1.165) is 11.3 Å². The van der Waals surface area contributed by atoms with Crippen LogP contribution in [0.25, 0.3) is 0 Å². The van der Waals surface area contributed by atoms with Crippen LogP contribution in [-0.2, 0) is 19.2 Å². The summed E-state index contributed by atoms with van der Waals surface area (Å²) in [4.78, 5) is 37.1. The second-order valence-corrected chi connectivity index (χ2v) is 6.84. The molecular weight excluding hydrogens is 370 g/mol. The maximum absolute atomic E-state index is 13.0. The number of ether oxygens (including phenoxy) is 1. The summed E-state index contributed by atoms with van der Waals surface area (Å²) in [6.07, 6.45) is 2.46. The first-order valence-electron chi connectivity index (χ1n) is 8.57. The van der Waals surface area contributed by atoms with Crippen LogP contribution in [0.4, 0.5) is 5.69 Å². The largest absolute Gasteiger partial charge is 0.383 e. The summed E-state index contributed by atoms with van der Waals surface area (Å²) in [5, 5.41) is 2.22. The first-order valence-corrected chi connectivity index (χ1v) is 8.95. The molecule has 4 rings (SSSR count). The molecule has 2 aliphatic heterocycles. The lowest BCUT2D eigenvalue weighted by Gasteiger charge is -2.28. The zero-order valence-corrected chi connectivity index (χ0v) is 15.4. The van der Waals surface area contributed by atoms with Crippen LogP contribution in [0.5, 0.6) is 0 Å². The van der Waals surface area contributed by atoms with Crippen molar-refractivity contribution < 1.29 is 19.2 Å². The SMILES string of the molecule is COCCN1C(=O)[C@H]2[C@H](ON(c3ccc(Cl)cc3)[C@H]2c2ccncc2)C1=O. The van der Waals surface area contributed by atoms with Crippen molar-refractivity contribution in [3.8, 4) is 0 Å². The maximum Gasteiger partial charge on any atom is 0.262 e. The fourth-order valence-electron chi connectivity index (χ4n) is 3.59. The van der Waals surface area contributed by atoms with Crippen LogP contribution in [-0.4, -0.2) is 48.1 Å². The van der Waals surface area contributed by atoms with E-state index in [1.165, 1.54) is 12.0 Å². The van der Waals surface area contributed by atoms with Crippen molar-refractivity contribution in [2.24, 2.45) is 5.92 Å². The van der Waals surface area contributed by atoms with Crippen LogP contribution in [0.3, 0.4) is 0 Å². The lowest BCUT2D eigenvalue weighted by molar-refractivity contribution is -0.143. The molecule has 0 unspecified atom stereocenters. The second-order valence-electron chi connectivity index (χ2n) is 6.40.